The van der Waals surface area contributed by atoms with Gasteiger partial charge in [-0.15, -0.1) is 0 Å². The quantitative estimate of drug-likeness (QED) is 0.575. The van der Waals surface area contributed by atoms with Gasteiger partial charge < -0.3 is 15.5 Å². The molecular formula is C9H17N3O. The van der Waals surface area contributed by atoms with Crippen LogP contribution in [0.4, 0.5) is 0 Å². The number of hydrogen-bond donors (Lipinski definition) is 1. The highest BCUT2D eigenvalue weighted by atomic mass is 16.2. The largest absolute Gasteiger partial charge is 0.337 e. The van der Waals surface area contributed by atoms with E-state index in [1.165, 1.54) is 0 Å². The summed E-state index contributed by atoms with van der Waals surface area (Å²) in [6.07, 6.45) is 3.26. The van der Waals surface area contributed by atoms with Gasteiger partial charge in [-0.05, 0) is 7.05 Å². The van der Waals surface area contributed by atoms with Gasteiger partial charge >= 0.3 is 0 Å². The van der Waals surface area contributed by atoms with E-state index in [1.807, 2.05) is 4.90 Å². The van der Waals surface area contributed by atoms with E-state index in [0.717, 1.165) is 26.2 Å². The van der Waals surface area contributed by atoms with Crippen LogP contribution in [0.25, 0.3) is 0 Å². The van der Waals surface area contributed by atoms with Crippen molar-refractivity contribution in [2.45, 2.75) is 0 Å². The molecule has 1 fully saturated rings. The first-order chi connectivity index (χ1) is 6.24. The molecule has 1 aliphatic rings. The second-order valence-electron chi connectivity index (χ2n) is 3.27. The molecule has 2 N–H and O–H groups in total. The van der Waals surface area contributed by atoms with Gasteiger partial charge in [-0.25, -0.2) is 0 Å². The molecule has 1 rings (SSSR count). The molecule has 0 spiro atoms. The van der Waals surface area contributed by atoms with Crippen molar-refractivity contribution in [1.82, 2.24) is 9.80 Å². The molecule has 1 saturated heterocycles. The molecule has 0 unspecified atom stereocenters. The number of nitrogens with zero attached hydrogens (tertiary/aromatic N) is 2. The minimum Gasteiger partial charge on any atom is -0.337 e. The Bertz CT molecular complexity index is 195. The smallest absolute Gasteiger partial charge is 0.246 e. The maximum Gasteiger partial charge on any atom is 0.246 e. The number of carbonyl (C=O) groups excluding carboxylic acids is 1. The highest BCUT2D eigenvalue weighted by molar-refractivity contribution is 5.87. The Kier molecular flexibility index (Phi) is 3.92. The van der Waals surface area contributed by atoms with Crippen LogP contribution in [0.5, 0.6) is 0 Å². The predicted octanol–water partition coefficient (Wildman–Crippen LogP) is -0.725. The van der Waals surface area contributed by atoms with Crippen molar-refractivity contribution in [3.63, 3.8) is 0 Å². The Balaban J connectivity index is 2.36. The maximum absolute atomic E-state index is 11.4. The van der Waals surface area contributed by atoms with Crippen LogP contribution in [-0.4, -0.2) is 55.5 Å². The van der Waals surface area contributed by atoms with Crippen LogP contribution < -0.4 is 5.73 Å². The summed E-state index contributed by atoms with van der Waals surface area (Å²) >= 11 is 0. The van der Waals surface area contributed by atoms with Crippen LogP contribution in [-0.2, 0) is 4.79 Å². The number of rotatable bonds is 2. The zero-order chi connectivity index (χ0) is 9.68. The molecule has 0 aliphatic carbocycles. The normalized spacial score (nSPS) is 19.7. The Morgan fingerprint density at radius 1 is 1.38 bits per heavy atom. The third-order valence-corrected chi connectivity index (χ3v) is 2.21. The van der Waals surface area contributed by atoms with E-state index >= 15 is 0 Å². The van der Waals surface area contributed by atoms with E-state index in [9.17, 15) is 4.79 Å². The molecule has 13 heavy (non-hydrogen) atoms. The summed E-state index contributed by atoms with van der Waals surface area (Å²) in [7, 11) is 2.07. The van der Waals surface area contributed by atoms with Crippen LogP contribution in [0.15, 0.2) is 12.2 Å². The fourth-order valence-electron chi connectivity index (χ4n) is 1.30. The summed E-state index contributed by atoms with van der Waals surface area (Å²) in [6.45, 7) is 4.00. The van der Waals surface area contributed by atoms with Crippen LogP contribution in [0, 0.1) is 0 Å². The summed E-state index contributed by atoms with van der Waals surface area (Å²) < 4.78 is 0. The molecule has 0 aromatic heterocycles. The average molecular weight is 183 g/mol. The lowest BCUT2D eigenvalue weighted by Gasteiger charge is -2.31. The second-order valence-corrected chi connectivity index (χ2v) is 3.27. The summed E-state index contributed by atoms with van der Waals surface area (Å²) in [5.74, 6) is 0.0820. The van der Waals surface area contributed by atoms with Gasteiger partial charge in [0.15, 0.2) is 0 Å². The third-order valence-electron chi connectivity index (χ3n) is 2.21. The molecule has 0 aromatic carbocycles. The molecule has 4 heteroatoms. The minimum atomic E-state index is 0.0820. The summed E-state index contributed by atoms with van der Waals surface area (Å²) in [6, 6.07) is 0. The van der Waals surface area contributed by atoms with E-state index in [2.05, 4.69) is 11.9 Å². The highest BCUT2D eigenvalue weighted by Crippen LogP contribution is 1.99. The zero-order valence-corrected chi connectivity index (χ0v) is 8.07. The van der Waals surface area contributed by atoms with Crippen molar-refractivity contribution < 1.29 is 4.79 Å². The maximum atomic E-state index is 11.4. The average Bonchev–Trinajstić information content (AvgIpc) is 2.15. The number of likely N-dealkylation sites (N-methyl/N-ethyl adjacent to an activating group) is 1. The van der Waals surface area contributed by atoms with E-state index in [-0.39, 0.29) is 5.91 Å². The van der Waals surface area contributed by atoms with Crippen molar-refractivity contribution in [1.29, 1.82) is 0 Å². The van der Waals surface area contributed by atoms with Gasteiger partial charge in [0.05, 0.1) is 0 Å². The lowest BCUT2D eigenvalue weighted by Crippen LogP contribution is -2.46. The first-order valence-electron chi connectivity index (χ1n) is 4.58. The molecule has 1 aliphatic heterocycles. The molecule has 1 amide bonds. The molecule has 0 bridgehead atoms. The fourth-order valence-corrected chi connectivity index (χ4v) is 1.30. The van der Waals surface area contributed by atoms with E-state index in [1.54, 1.807) is 12.2 Å². The molecular weight excluding hydrogens is 166 g/mol. The van der Waals surface area contributed by atoms with Gasteiger partial charge in [-0.1, -0.05) is 6.08 Å². The summed E-state index contributed by atoms with van der Waals surface area (Å²) in [5.41, 5.74) is 5.26. The van der Waals surface area contributed by atoms with Crippen molar-refractivity contribution in [2.24, 2.45) is 5.73 Å². The van der Waals surface area contributed by atoms with Gasteiger partial charge in [-0.2, -0.15) is 0 Å². The van der Waals surface area contributed by atoms with Gasteiger partial charge in [0.1, 0.15) is 0 Å². The van der Waals surface area contributed by atoms with Crippen molar-refractivity contribution in [2.75, 3.05) is 39.8 Å². The number of amides is 1. The van der Waals surface area contributed by atoms with Gasteiger partial charge in [0, 0.05) is 38.8 Å². The topological polar surface area (TPSA) is 49.6 Å². The zero-order valence-electron chi connectivity index (χ0n) is 8.07. The monoisotopic (exact) mass is 183 g/mol. The van der Waals surface area contributed by atoms with Gasteiger partial charge in [-0.3, -0.25) is 4.79 Å². The first kappa shape index (κ1) is 10.2. The van der Waals surface area contributed by atoms with E-state index in [4.69, 9.17) is 5.73 Å². The van der Waals surface area contributed by atoms with E-state index in [0.29, 0.717) is 6.54 Å². The van der Waals surface area contributed by atoms with Crippen LogP contribution in [0.1, 0.15) is 0 Å². The SMILES string of the molecule is CN1CCN(C(=O)/C=C/CN)CC1. The van der Waals surface area contributed by atoms with Gasteiger partial charge in [0.25, 0.3) is 0 Å². The number of nitrogens with two attached hydrogens (primary N) is 1. The number of hydrogen-bond acceptors (Lipinski definition) is 3. The highest BCUT2D eigenvalue weighted by Gasteiger charge is 2.16. The standard InChI is InChI=1S/C9H17N3O/c1-11-5-7-12(8-6-11)9(13)3-2-4-10/h2-3H,4-8,10H2,1H3/b3-2+. The van der Waals surface area contributed by atoms with Gasteiger partial charge in [0.2, 0.25) is 5.91 Å². The molecule has 74 valence electrons. The van der Waals surface area contributed by atoms with Crippen LogP contribution >= 0.6 is 0 Å². The molecule has 4 nitrogen and oxygen atoms in total. The summed E-state index contributed by atoms with van der Waals surface area (Å²) in [5, 5.41) is 0. The lowest BCUT2D eigenvalue weighted by molar-refractivity contribution is -0.127. The Hall–Kier alpha value is -0.870. The second kappa shape index (κ2) is 4.99. The van der Waals surface area contributed by atoms with Crippen molar-refractivity contribution in [3.8, 4) is 0 Å². The van der Waals surface area contributed by atoms with Crippen molar-refractivity contribution >= 4 is 5.91 Å². The molecule has 0 saturated carbocycles. The lowest BCUT2D eigenvalue weighted by atomic mass is 10.3. The molecule has 1 heterocycles. The Morgan fingerprint density at radius 2 is 2.00 bits per heavy atom. The first-order valence-corrected chi connectivity index (χ1v) is 4.58. The van der Waals surface area contributed by atoms with Crippen LogP contribution in [0.2, 0.25) is 0 Å². The minimum absolute atomic E-state index is 0.0820. The molecule has 0 aromatic rings. The fraction of sp³-hybridized carbons (Fsp3) is 0.667. The Labute approximate surface area is 79.0 Å². The number of piperazine rings is 1. The van der Waals surface area contributed by atoms with E-state index < -0.39 is 0 Å². The van der Waals surface area contributed by atoms with Crippen molar-refractivity contribution in [3.05, 3.63) is 12.2 Å². The Morgan fingerprint density at radius 3 is 2.54 bits per heavy atom. The molecule has 0 atom stereocenters. The summed E-state index contributed by atoms with van der Waals surface area (Å²) in [4.78, 5) is 15.5. The number of carbonyl (C=O) groups is 1. The molecule has 0 radical (unpaired) electrons. The third kappa shape index (κ3) is 3.16. The predicted molar refractivity (Wildman–Crippen MR) is 52.3 cm³/mol. The van der Waals surface area contributed by atoms with Crippen LogP contribution in [0.3, 0.4) is 0 Å².